The summed E-state index contributed by atoms with van der Waals surface area (Å²) >= 11 is 0. The van der Waals surface area contributed by atoms with Crippen LogP contribution >= 0.6 is 0 Å². The first-order valence-electron chi connectivity index (χ1n) is 10.1. The van der Waals surface area contributed by atoms with Crippen LogP contribution in [0.1, 0.15) is 38.8 Å². The molecule has 0 spiro atoms. The van der Waals surface area contributed by atoms with Gasteiger partial charge in [-0.05, 0) is 31.0 Å². The van der Waals surface area contributed by atoms with E-state index in [4.69, 9.17) is 23.7 Å². The van der Waals surface area contributed by atoms with Crippen molar-refractivity contribution in [1.29, 1.82) is 0 Å². The minimum absolute atomic E-state index is 0.287. The van der Waals surface area contributed by atoms with E-state index in [0.29, 0.717) is 5.75 Å². The third kappa shape index (κ3) is 6.94. The second-order valence-corrected chi connectivity index (χ2v) is 7.61. The molecule has 1 aliphatic rings. The Hall–Kier alpha value is -3.14. The van der Waals surface area contributed by atoms with Gasteiger partial charge in [-0.3, -0.25) is 19.2 Å². The van der Waals surface area contributed by atoms with Gasteiger partial charge in [-0.2, -0.15) is 0 Å². The standard InChI is InChI=1S/C22H29NO9/c1-11-7-8-12(2)17(9-11)31-22-19(23-13(3)24)21(30-16(6)27)20(29-15(5)26)18(32-22)10-28-14(4)25/h7-9,18-22H,10H2,1-6H3,(H,23,24). The van der Waals surface area contributed by atoms with Crippen LogP contribution in [0.3, 0.4) is 0 Å². The maximum Gasteiger partial charge on any atom is 0.303 e. The molecule has 2 rings (SSSR count). The smallest absolute Gasteiger partial charge is 0.303 e. The average Bonchev–Trinajstić information content (AvgIpc) is 2.66. The summed E-state index contributed by atoms with van der Waals surface area (Å²) in [5, 5.41) is 2.67. The van der Waals surface area contributed by atoms with Gasteiger partial charge in [-0.1, -0.05) is 12.1 Å². The van der Waals surface area contributed by atoms with Gasteiger partial charge in [0.1, 0.15) is 24.5 Å². The van der Waals surface area contributed by atoms with E-state index in [1.165, 1.54) is 27.7 Å². The number of benzene rings is 1. The molecule has 1 saturated heterocycles. The molecule has 1 amide bonds. The predicted octanol–water partition coefficient (Wildman–Crippen LogP) is 1.34. The number of carbonyl (C=O) groups is 4. The maximum absolute atomic E-state index is 11.9. The second-order valence-electron chi connectivity index (χ2n) is 7.61. The normalized spacial score (nSPS) is 24.8. The van der Waals surface area contributed by atoms with E-state index >= 15 is 0 Å². The van der Waals surface area contributed by atoms with Crippen LogP contribution < -0.4 is 10.1 Å². The number of esters is 3. The number of nitrogens with one attached hydrogen (secondary N) is 1. The van der Waals surface area contributed by atoms with Gasteiger partial charge < -0.3 is 29.0 Å². The summed E-state index contributed by atoms with van der Waals surface area (Å²) in [5.74, 6) is -1.86. The zero-order valence-electron chi connectivity index (χ0n) is 19.0. The van der Waals surface area contributed by atoms with Gasteiger partial charge >= 0.3 is 17.9 Å². The largest absolute Gasteiger partial charge is 0.463 e. The fourth-order valence-corrected chi connectivity index (χ4v) is 3.35. The predicted molar refractivity (Wildman–Crippen MR) is 111 cm³/mol. The van der Waals surface area contributed by atoms with Crippen LogP contribution in [0.15, 0.2) is 18.2 Å². The van der Waals surface area contributed by atoms with Gasteiger partial charge in [0.05, 0.1) is 0 Å². The van der Waals surface area contributed by atoms with E-state index in [1.807, 2.05) is 26.0 Å². The molecule has 1 heterocycles. The lowest BCUT2D eigenvalue weighted by atomic mass is 9.96. The molecule has 0 saturated carbocycles. The molecule has 1 aromatic carbocycles. The second kappa shape index (κ2) is 10.9. The van der Waals surface area contributed by atoms with E-state index in [-0.39, 0.29) is 6.61 Å². The summed E-state index contributed by atoms with van der Waals surface area (Å²) < 4.78 is 27.9. The molecular weight excluding hydrogens is 422 g/mol. The van der Waals surface area contributed by atoms with Crippen molar-refractivity contribution in [2.45, 2.75) is 72.2 Å². The van der Waals surface area contributed by atoms with Crippen LogP contribution in [0.25, 0.3) is 0 Å². The van der Waals surface area contributed by atoms with Gasteiger partial charge in [-0.25, -0.2) is 0 Å². The third-order valence-corrected chi connectivity index (χ3v) is 4.66. The zero-order valence-corrected chi connectivity index (χ0v) is 19.0. The summed E-state index contributed by atoms with van der Waals surface area (Å²) in [7, 11) is 0. The lowest BCUT2D eigenvalue weighted by Crippen LogP contribution is -2.67. The van der Waals surface area contributed by atoms with Gasteiger partial charge in [0.25, 0.3) is 0 Å². The molecule has 5 unspecified atom stereocenters. The topological polar surface area (TPSA) is 126 Å². The summed E-state index contributed by atoms with van der Waals surface area (Å²) in [6.45, 7) is 8.31. The van der Waals surface area contributed by atoms with Gasteiger partial charge in [0, 0.05) is 27.7 Å². The van der Waals surface area contributed by atoms with Crippen molar-refractivity contribution in [2.75, 3.05) is 6.61 Å². The highest BCUT2D eigenvalue weighted by atomic mass is 16.7. The van der Waals surface area contributed by atoms with E-state index in [1.54, 1.807) is 6.07 Å². The van der Waals surface area contributed by atoms with Gasteiger partial charge in [-0.15, -0.1) is 0 Å². The van der Waals surface area contributed by atoms with Crippen molar-refractivity contribution in [3.8, 4) is 5.75 Å². The summed E-state index contributed by atoms with van der Waals surface area (Å²) in [6.07, 6.45) is -4.49. The Bertz CT molecular complexity index is 869. The molecule has 5 atom stereocenters. The molecular formula is C22H29NO9. The minimum atomic E-state index is -1.16. The Kier molecular flexibility index (Phi) is 8.59. The molecule has 0 radical (unpaired) electrons. The monoisotopic (exact) mass is 451 g/mol. The van der Waals surface area contributed by atoms with Gasteiger partial charge in [0.2, 0.25) is 12.2 Å². The first kappa shape index (κ1) is 25.1. The van der Waals surface area contributed by atoms with Crippen LogP contribution in [0.2, 0.25) is 0 Å². The van der Waals surface area contributed by atoms with Crippen LogP contribution in [-0.2, 0) is 38.1 Å². The molecule has 0 aromatic heterocycles. The Morgan fingerprint density at radius 3 is 2.12 bits per heavy atom. The van der Waals surface area contributed by atoms with Crippen molar-refractivity contribution in [2.24, 2.45) is 0 Å². The SMILES string of the molecule is CC(=O)NC1C(Oc2cc(C)ccc2C)OC(COC(C)=O)C(OC(C)=O)C1OC(C)=O. The number of hydrogen-bond acceptors (Lipinski definition) is 9. The summed E-state index contributed by atoms with van der Waals surface area (Å²) in [6, 6.07) is 4.55. The fourth-order valence-electron chi connectivity index (χ4n) is 3.35. The molecule has 1 aromatic rings. The molecule has 176 valence electrons. The van der Waals surface area contributed by atoms with E-state index in [0.717, 1.165) is 11.1 Å². The number of rotatable bonds is 7. The first-order valence-corrected chi connectivity index (χ1v) is 10.1. The highest BCUT2D eigenvalue weighted by molar-refractivity contribution is 5.73. The Labute approximate surface area is 186 Å². The average molecular weight is 451 g/mol. The van der Waals surface area contributed by atoms with Crippen LogP contribution in [0.4, 0.5) is 0 Å². The molecule has 1 fully saturated rings. The van der Waals surface area contributed by atoms with Crippen molar-refractivity contribution >= 4 is 23.8 Å². The zero-order chi connectivity index (χ0) is 24.0. The number of hydrogen-bond donors (Lipinski definition) is 1. The van der Waals surface area contributed by atoms with Crippen molar-refractivity contribution in [3.63, 3.8) is 0 Å². The molecule has 0 bridgehead atoms. The quantitative estimate of drug-likeness (QED) is 0.483. The Morgan fingerprint density at radius 2 is 1.56 bits per heavy atom. The van der Waals surface area contributed by atoms with Crippen LogP contribution in [0, 0.1) is 13.8 Å². The molecule has 10 nitrogen and oxygen atoms in total. The lowest BCUT2D eigenvalue weighted by Gasteiger charge is -2.44. The molecule has 0 aliphatic carbocycles. The van der Waals surface area contributed by atoms with Crippen LogP contribution in [-0.4, -0.2) is 61.1 Å². The van der Waals surface area contributed by atoms with Crippen LogP contribution in [0.5, 0.6) is 5.75 Å². The molecule has 10 heteroatoms. The van der Waals surface area contributed by atoms with E-state index < -0.39 is 54.5 Å². The lowest BCUT2D eigenvalue weighted by molar-refractivity contribution is -0.257. The maximum atomic E-state index is 11.9. The number of carbonyl (C=O) groups excluding carboxylic acids is 4. The minimum Gasteiger partial charge on any atom is -0.463 e. The van der Waals surface area contributed by atoms with Crippen molar-refractivity contribution in [1.82, 2.24) is 5.32 Å². The van der Waals surface area contributed by atoms with E-state index in [9.17, 15) is 19.2 Å². The van der Waals surface area contributed by atoms with Crippen molar-refractivity contribution in [3.05, 3.63) is 29.3 Å². The Morgan fingerprint density at radius 1 is 0.938 bits per heavy atom. The van der Waals surface area contributed by atoms with Crippen molar-refractivity contribution < 1.29 is 42.9 Å². The number of amides is 1. The summed E-state index contributed by atoms with van der Waals surface area (Å²) in [4.78, 5) is 47.0. The molecule has 1 aliphatic heterocycles. The number of aryl methyl sites for hydroxylation is 2. The molecule has 32 heavy (non-hydrogen) atoms. The summed E-state index contributed by atoms with van der Waals surface area (Å²) in [5.41, 5.74) is 1.74. The Balaban J connectivity index is 2.49. The number of ether oxygens (including phenoxy) is 5. The van der Waals surface area contributed by atoms with Gasteiger partial charge in [0.15, 0.2) is 12.2 Å². The fraction of sp³-hybridized carbons (Fsp3) is 0.545. The van der Waals surface area contributed by atoms with E-state index in [2.05, 4.69) is 5.32 Å². The first-order chi connectivity index (χ1) is 15.0. The highest BCUT2D eigenvalue weighted by Crippen LogP contribution is 2.30. The molecule has 1 N–H and O–H groups in total. The third-order valence-electron chi connectivity index (χ3n) is 4.66. The highest BCUT2D eigenvalue weighted by Gasteiger charge is 2.52.